The maximum atomic E-state index is 4.34. The van der Waals surface area contributed by atoms with E-state index in [9.17, 15) is 0 Å². The molecular weight excluding hydrogens is 425 g/mol. The zero-order chi connectivity index (χ0) is 13.7. The summed E-state index contributed by atoms with van der Waals surface area (Å²) in [6.07, 6.45) is 8.66. The van der Waals surface area contributed by atoms with Crippen LogP contribution in [0.5, 0.6) is 0 Å². The van der Waals surface area contributed by atoms with Crippen LogP contribution in [0.1, 0.15) is 41.5 Å². The average molecular weight is 457 g/mol. The van der Waals surface area contributed by atoms with Gasteiger partial charge in [-0.15, -0.1) is 0 Å². The molecule has 0 aromatic heterocycles. The molecule has 0 N–H and O–H groups in total. The molecule has 0 spiro atoms. The fourth-order valence-corrected chi connectivity index (χ4v) is 65.9. The van der Waals surface area contributed by atoms with Gasteiger partial charge in [0.2, 0.25) is 0 Å². The Labute approximate surface area is 126 Å². The van der Waals surface area contributed by atoms with Crippen LogP contribution in [0.3, 0.4) is 0 Å². The van der Waals surface area contributed by atoms with Crippen LogP contribution in [0.15, 0.2) is 0 Å². The Kier molecular flexibility index (Phi) is 9.02. The number of rotatable bonds is 8. The third-order valence-electron chi connectivity index (χ3n) is 4.60. The van der Waals surface area contributed by atoms with Crippen molar-refractivity contribution >= 4 is 40.3 Å². The molecule has 0 aliphatic carbocycles. The topological polar surface area (TPSA) is 0 Å². The number of hydrogen-bond acceptors (Lipinski definition) is 0. The Morgan fingerprint density at radius 1 is 0.588 bits per heavy atom. The summed E-state index contributed by atoms with van der Waals surface area (Å²) < 4.78 is 0. The molecule has 0 heterocycles. The van der Waals surface area contributed by atoms with Gasteiger partial charge < -0.3 is 0 Å². The van der Waals surface area contributed by atoms with Crippen LogP contribution in [0, 0.1) is 0 Å². The van der Waals surface area contributed by atoms with Gasteiger partial charge in [0.05, 0.1) is 0 Å². The van der Waals surface area contributed by atoms with Crippen LogP contribution >= 0.6 is 40.3 Å². The van der Waals surface area contributed by atoms with Gasteiger partial charge in [-0.05, 0) is 0 Å². The fourth-order valence-electron chi connectivity index (χ4n) is 2.76. The first-order valence-corrected chi connectivity index (χ1v) is 20.1. The predicted molar refractivity (Wildman–Crippen MR) is 97.7 cm³/mol. The van der Waals surface area contributed by atoms with Gasteiger partial charge in [0.15, 0.2) is 0 Å². The maximum absolute atomic E-state index is 4.34. The van der Waals surface area contributed by atoms with E-state index in [1.165, 1.54) is 37.0 Å². The molecule has 0 atom stereocenters. The van der Waals surface area contributed by atoms with Crippen molar-refractivity contribution < 1.29 is 8.16 Å². The zero-order valence-electron chi connectivity index (χ0n) is 12.3. The quantitative estimate of drug-likeness (QED) is 0.381. The second kappa shape index (κ2) is 7.94. The van der Waals surface area contributed by atoms with Gasteiger partial charge in [0.25, 0.3) is 0 Å². The van der Waals surface area contributed by atoms with Gasteiger partial charge >= 0.3 is 127 Å². The first-order chi connectivity index (χ1) is 7.86. The minimum atomic E-state index is -1.14. The molecule has 0 nitrogen and oxygen atoms in total. The molecule has 0 radical (unpaired) electrons. The Hall–Kier alpha value is 2.33. The van der Waals surface area contributed by atoms with E-state index in [1.807, 2.05) is 0 Å². The summed E-state index contributed by atoms with van der Waals surface area (Å²) in [5.74, 6) is -2.28. The van der Waals surface area contributed by atoms with Gasteiger partial charge in [0, 0.05) is 0 Å². The molecule has 0 bridgehead atoms. The first kappa shape index (κ1) is 19.3. The molecule has 0 aromatic carbocycles. The second-order valence-corrected chi connectivity index (χ2v) is 44.2. The SMILES string of the molecule is CC[PH](CC)(CC)[Co]([Br])([Br])[PH](CC)(CC)CC. The Morgan fingerprint density at radius 3 is 0.882 bits per heavy atom. The first-order valence-electron chi connectivity index (χ1n) is 6.95. The summed E-state index contributed by atoms with van der Waals surface area (Å²) >= 11 is 8.68. The Morgan fingerprint density at radius 2 is 0.765 bits per heavy atom. The molecule has 0 saturated heterocycles. The average Bonchev–Trinajstić information content (AvgIpc) is 2.34. The molecule has 5 heteroatoms. The Bertz CT molecular complexity index is 188. The fraction of sp³-hybridized carbons (Fsp3) is 1.00. The van der Waals surface area contributed by atoms with Crippen LogP contribution in [0.25, 0.3) is 0 Å². The molecule has 0 saturated carbocycles. The third-order valence-corrected chi connectivity index (χ3v) is 65.2. The summed E-state index contributed by atoms with van der Waals surface area (Å²) in [4.78, 5) is 0. The van der Waals surface area contributed by atoms with Gasteiger partial charge in [0.1, 0.15) is 0 Å². The summed E-state index contributed by atoms with van der Waals surface area (Å²) in [7, 11) is -1.00. The number of halogens is 2. The van der Waals surface area contributed by atoms with Crippen molar-refractivity contribution in [3.63, 3.8) is 0 Å². The van der Waals surface area contributed by atoms with E-state index in [-0.39, 0.29) is 0 Å². The second-order valence-electron chi connectivity index (χ2n) is 4.71. The van der Waals surface area contributed by atoms with E-state index >= 15 is 0 Å². The van der Waals surface area contributed by atoms with Crippen molar-refractivity contribution in [1.29, 1.82) is 0 Å². The van der Waals surface area contributed by atoms with E-state index in [0.717, 1.165) is 0 Å². The predicted octanol–water partition coefficient (Wildman–Crippen LogP) is 6.21. The van der Waals surface area contributed by atoms with Crippen LogP contribution < -0.4 is 0 Å². The third kappa shape index (κ3) is 3.33. The van der Waals surface area contributed by atoms with Gasteiger partial charge in [-0.3, -0.25) is 0 Å². The van der Waals surface area contributed by atoms with Crippen LogP contribution in [-0.2, 0) is 8.16 Å². The van der Waals surface area contributed by atoms with Crippen molar-refractivity contribution in [2.75, 3.05) is 37.0 Å². The van der Waals surface area contributed by atoms with Crippen molar-refractivity contribution in [1.82, 2.24) is 0 Å². The molecule has 17 heavy (non-hydrogen) atoms. The molecule has 0 aliphatic heterocycles. The molecule has 0 amide bonds. The van der Waals surface area contributed by atoms with E-state index in [0.29, 0.717) is 0 Å². The van der Waals surface area contributed by atoms with E-state index in [4.69, 9.17) is 0 Å². The standard InChI is InChI=1S/2C6H15P.2BrH.Co/c2*1-4-7(5-2)6-3;;;/h2*4-6H2,1-3H3;2*1H;. The van der Waals surface area contributed by atoms with Crippen LogP contribution in [0.4, 0.5) is 0 Å². The summed E-state index contributed by atoms with van der Waals surface area (Å²) in [6, 6.07) is 0. The van der Waals surface area contributed by atoms with E-state index in [2.05, 4.69) is 69.9 Å². The number of hydrogen-bond donors (Lipinski definition) is 0. The normalized spacial score (nSPS) is 16.9. The zero-order valence-corrected chi connectivity index (χ0v) is 18.5. The summed E-state index contributed by atoms with van der Waals surface area (Å²) in [6.45, 7) is 14.6. The Balaban J connectivity index is 5.60. The van der Waals surface area contributed by atoms with Crippen LogP contribution in [-0.4, -0.2) is 37.0 Å². The van der Waals surface area contributed by atoms with Crippen molar-refractivity contribution in [3.8, 4) is 0 Å². The van der Waals surface area contributed by atoms with E-state index in [1.54, 1.807) is 0 Å². The molecule has 0 unspecified atom stereocenters. The van der Waals surface area contributed by atoms with Crippen molar-refractivity contribution in [2.24, 2.45) is 0 Å². The summed E-state index contributed by atoms with van der Waals surface area (Å²) in [5, 5.41) is 0. The summed E-state index contributed by atoms with van der Waals surface area (Å²) in [5.41, 5.74) is 0. The van der Waals surface area contributed by atoms with E-state index < -0.39 is 20.2 Å². The molecule has 0 aromatic rings. The minimum absolute atomic E-state index is 1.00. The van der Waals surface area contributed by atoms with Gasteiger partial charge in [-0.1, -0.05) is 0 Å². The molecule has 0 aliphatic rings. The van der Waals surface area contributed by atoms with Gasteiger partial charge in [-0.2, -0.15) is 0 Å². The van der Waals surface area contributed by atoms with Crippen LogP contribution in [0.2, 0.25) is 0 Å². The van der Waals surface area contributed by atoms with Gasteiger partial charge in [-0.25, -0.2) is 0 Å². The van der Waals surface area contributed by atoms with Crippen molar-refractivity contribution in [3.05, 3.63) is 0 Å². The molecule has 113 valence electrons. The van der Waals surface area contributed by atoms with Crippen molar-refractivity contribution in [2.45, 2.75) is 41.5 Å². The monoisotopic (exact) mass is 455 g/mol. The molecule has 0 rings (SSSR count). The molecular formula is C12H32Br2CoP2. The molecule has 0 fully saturated rings.